The van der Waals surface area contributed by atoms with Gasteiger partial charge in [-0.3, -0.25) is 4.79 Å². The maximum absolute atomic E-state index is 12.6. The number of nitrogens with one attached hydrogen (secondary N) is 2. The second kappa shape index (κ2) is 11.2. The van der Waals surface area contributed by atoms with Crippen molar-refractivity contribution in [3.63, 3.8) is 0 Å². The van der Waals surface area contributed by atoms with Gasteiger partial charge in [0.2, 0.25) is 0 Å². The number of carbonyl (C=O) groups excluding carboxylic acids is 1. The van der Waals surface area contributed by atoms with Crippen LogP contribution in [-0.4, -0.2) is 56.3 Å². The van der Waals surface area contributed by atoms with E-state index in [0.717, 1.165) is 0 Å². The topological polar surface area (TPSA) is 130 Å². The number of piperidine rings is 1. The molecular weight excluding hydrogens is 542 g/mol. The fraction of sp³-hybridized carbons (Fsp3) is 0.625. The number of alkyl halides is 3. The van der Waals surface area contributed by atoms with E-state index in [2.05, 4.69) is 15.6 Å². The van der Waals surface area contributed by atoms with E-state index in [4.69, 9.17) is 10.2 Å². The highest BCUT2D eigenvalue weighted by Gasteiger charge is 2.50. The molecule has 9 nitrogen and oxygen atoms in total. The van der Waals surface area contributed by atoms with Crippen molar-refractivity contribution < 1.29 is 30.8 Å². The van der Waals surface area contributed by atoms with Gasteiger partial charge in [-0.15, -0.1) is 24.0 Å². The highest BCUT2D eigenvalue weighted by molar-refractivity contribution is 14.0. The molecule has 1 aromatic heterocycles. The Hall–Kier alpha value is -1.55. The Balaban J connectivity index is 0.00000450. The first-order chi connectivity index (χ1) is 13.5. The van der Waals surface area contributed by atoms with Crippen molar-refractivity contribution in [2.24, 2.45) is 16.6 Å². The third-order valence-electron chi connectivity index (χ3n) is 4.41. The second-order valence-electron chi connectivity index (χ2n) is 6.50. The van der Waals surface area contributed by atoms with Crippen LogP contribution in [0.15, 0.2) is 21.5 Å². The first-order valence-corrected chi connectivity index (χ1v) is 10.5. The monoisotopic (exact) mass is 567 g/mol. The van der Waals surface area contributed by atoms with E-state index in [1.54, 1.807) is 6.07 Å². The number of primary amides is 1. The maximum Gasteiger partial charge on any atom is 0.511 e. The molecule has 1 aromatic rings. The SMILES string of the molecule is CCNC(=NCc1ccc(C(N)=O)o1)NCC1CCN(S(=O)(=O)C(F)(F)F)CC1.I. The standard InChI is InChI=1S/C16H24F3N5O4S.HI/c1-2-21-15(23-10-12-3-4-13(28-12)14(20)25)22-9-11-5-7-24(8-6-11)29(26,27)16(17,18)19;/h3-4,11H,2,5-10H2,1H3,(H2,20,25)(H2,21,22,23);1H. The summed E-state index contributed by atoms with van der Waals surface area (Å²) in [4.78, 5) is 15.4. The molecule has 0 unspecified atom stereocenters. The fourth-order valence-electron chi connectivity index (χ4n) is 2.84. The number of carbonyl (C=O) groups is 1. The Labute approximate surface area is 189 Å². The number of rotatable bonds is 7. The van der Waals surface area contributed by atoms with Gasteiger partial charge in [0, 0.05) is 26.2 Å². The third kappa shape index (κ3) is 7.01. The second-order valence-corrected chi connectivity index (χ2v) is 8.43. The molecule has 2 rings (SSSR count). The number of furan rings is 1. The van der Waals surface area contributed by atoms with E-state index in [9.17, 15) is 26.4 Å². The van der Waals surface area contributed by atoms with Crippen molar-refractivity contribution in [2.75, 3.05) is 26.2 Å². The summed E-state index contributed by atoms with van der Waals surface area (Å²) in [5, 5.41) is 6.11. The predicted molar refractivity (Wildman–Crippen MR) is 115 cm³/mol. The summed E-state index contributed by atoms with van der Waals surface area (Å²) in [5.41, 5.74) is -0.150. The number of aliphatic imine (C=N–C) groups is 1. The smallest absolute Gasteiger partial charge is 0.454 e. The Morgan fingerprint density at radius 3 is 2.43 bits per heavy atom. The van der Waals surface area contributed by atoms with Crippen molar-refractivity contribution in [3.05, 3.63) is 23.7 Å². The number of hydrogen-bond donors (Lipinski definition) is 3. The molecule has 0 radical (unpaired) electrons. The minimum atomic E-state index is -5.27. The Bertz CT molecular complexity index is 836. The molecule has 4 N–H and O–H groups in total. The van der Waals surface area contributed by atoms with E-state index < -0.39 is 21.4 Å². The molecule has 1 saturated heterocycles. The van der Waals surface area contributed by atoms with Gasteiger partial charge in [0.25, 0.3) is 5.91 Å². The predicted octanol–water partition coefficient (Wildman–Crippen LogP) is 1.61. The van der Waals surface area contributed by atoms with E-state index >= 15 is 0 Å². The van der Waals surface area contributed by atoms with E-state index in [-0.39, 0.29) is 55.3 Å². The van der Waals surface area contributed by atoms with Gasteiger partial charge in [-0.1, -0.05) is 0 Å². The number of nitrogens with two attached hydrogens (primary N) is 1. The average molecular weight is 567 g/mol. The molecule has 0 bridgehead atoms. The molecule has 1 aliphatic heterocycles. The van der Waals surface area contributed by atoms with Crippen LogP contribution in [0.3, 0.4) is 0 Å². The number of amides is 1. The Kier molecular flexibility index (Phi) is 9.87. The Morgan fingerprint density at radius 1 is 1.30 bits per heavy atom. The third-order valence-corrected chi connectivity index (χ3v) is 6.04. The van der Waals surface area contributed by atoms with Crippen molar-refractivity contribution in [2.45, 2.75) is 31.8 Å². The van der Waals surface area contributed by atoms with Crippen LogP contribution in [0.1, 0.15) is 36.1 Å². The quantitative estimate of drug-likeness (QED) is 0.261. The molecule has 0 atom stereocenters. The van der Waals surface area contributed by atoms with E-state index in [1.807, 2.05) is 6.92 Å². The van der Waals surface area contributed by atoms with Crippen molar-refractivity contribution in [1.29, 1.82) is 0 Å². The lowest BCUT2D eigenvalue weighted by molar-refractivity contribution is -0.0496. The van der Waals surface area contributed by atoms with Crippen LogP contribution < -0.4 is 16.4 Å². The van der Waals surface area contributed by atoms with Gasteiger partial charge in [-0.05, 0) is 37.8 Å². The summed E-state index contributed by atoms with van der Waals surface area (Å²) < 4.78 is 66.5. The summed E-state index contributed by atoms with van der Waals surface area (Å²) in [6, 6.07) is 3.04. The van der Waals surface area contributed by atoms with Crippen LogP contribution in [0.25, 0.3) is 0 Å². The lowest BCUT2D eigenvalue weighted by atomic mass is 9.98. The van der Waals surface area contributed by atoms with Gasteiger partial charge in [0.1, 0.15) is 12.3 Å². The highest BCUT2D eigenvalue weighted by atomic mass is 127. The lowest BCUT2D eigenvalue weighted by Crippen LogP contribution is -2.47. The maximum atomic E-state index is 12.6. The number of guanidine groups is 1. The zero-order valence-corrected chi connectivity index (χ0v) is 19.4. The normalized spacial score (nSPS) is 16.7. The van der Waals surface area contributed by atoms with Crippen LogP contribution in [0.2, 0.25) is 0 Å². The number of hydrogen-bond acceptors (Lipinski definition) is 5. The summed E-state index contributed by atoms with van der Waals surface area (Å²) >= 11 is 0. The lowest BCUT2D eigenvalue weighted by Gasteiger charge is -2.31. The minimum absolute atomic E-state index is 0. The Morgan fingerprint density at radius 2 is 1.93 bits per heavy atom. The largest absolute Gasteiger partial charge is 0.511 e. The average Bonchev–Trinajstić information content (AvgIpc) is 3.13. The van der Waals surface area contributed by atoms with Gasteiger partial charge >= 0.3 is 15.5 Å². The zero-order chi connectivity index (χ0) is 21.7. The minimum Gasteiger partial charge on any atom is -0.454 e. The molecule has 1 fully saturated rings. The number of halogens is 4. The van der Waals surface area contributed by atoms with Crippen LogP contribution in [-0.2, 0) is 16.6 Å². The number of nitrogens with zero attached hydrogens (tertiary/aromatic N) is 2. The fourth-order valence-corrected chi connectivity index (χ4v) is 3.82. The molecule has 30 heavy (non-hydrogen) atoms. The van der Waals surface area contributed by atoms with Gasteiger partial charge < -0.3 is 20.8 Å². The molecule has 0 aliphatic carbocycles. The van der Waals surface area contributed by atoms with Crippen LogP contribution >= 0.6 is 24.0 Å². The molecule has 1 amide bonds. The molecule has 1 aliphatic rings. The molecule has 0 spiro atoms. The number of sulfonamides is 1. The van der Waals surface area contributed by atoms with Crippen molar-refractivity contribution in [1.82, 2.24) is 14.9 Å². The summed E-state index contributed by atoms with van der Waals surface area (Å²) in [7, 11) is -5.27. The molecular formula is C16H25F3IN5O4S. The van der Waals surface area contributed by atoms with E-state index in [0.29, 0.717) is 42.0 Å². The zero-order valence-electron chi connectivity index (χ0n) is 16.2. The van der Waals surface area contributed by atoms with Gasteiger partial charge in [0.15, 0.2) is 11.7 Å². The van der Waals surface area contributed by atoms with Crippen LogP contribution in [0.4, 0.5) is 13.2 Å². The summed E-state index contributed by atoms with van der Waals surface area (Å²) in [5.74, 6) is 0.276. The van der Waals surface area contributed by atoms with Crippen LogP contribution in [0.5, 0.6) is 0 Å². The first-order valence-electron chi connectivity index (χ1n) is 9.01. The van der Waals surface area contributed by atoms with Crippen molar-refractivity contribution >= 4 is 45.9 Å². The molecule has 2 heterocycles. The summed E-state index contributed by atoms with van der Waals surface area (Å²) in [6.07, 6.45) is 0.615. The molecule has 14 heteroatoms. The van der Waals surface area contributed by atoms with Gasteiger partial charge in [-0.25, -0.2) is 13.4 Å². The highest BCUT2D eigenvalue weighted by Crippen LogP contribution is 2.30. The molecule has 0 saturated carbocycles. The molecule has 172 valence electrons. The summed E-state index contributed by atoms with van der Waals surface area (Å²) in [6.45, 7) is 2.68. The van der Waals surface area contributed by atoms with Crippen LogP contribution in [0, 0.1) is 5.92 Å². The van der Waals surface area contributed by atoms with Gasteiger partial charge in [-0.2, -0.15) is 17.5 Å². The van der Waals surface area contributed by atoms with Gasteiger partial charge in [0.05, 0.1) is 0 Å². The van der Waals surface area contributed by atoms with Crippen molar-refractivity contribution in [3.8, 4) is 0 Å². The first kappa shape index (κ1) is 26.5. The molecule has 0 aromatic carbocycles. The van der Waals surface area contributed by atoms with E-state index in [1.165, 1.54) is 6.07 Å².